The van der Waals surface area contributed by atoms with Gasteiger partial charge >= 0.3 is 0 Å². The fourth-order valence-electron chi connectivity index (χ4n) is 3.15. The minimum absolute atomic E-state index is 0. The van der Waals surface area contributed by atoms with Gasteiger partial charge in [-0.15, -0.1) is 12.4 Å². The number of nitrogens with zero attached hydrogens (tertiary/aromatic N) is 1. The summed E-state index contributed by atoms with van der Waals surface area (Å²) in [5.41, 5.74) is 3.37. The number of amides is 1. The lowest BCUT2D eigenvalue weighted by atomic mass is 9.95. The standard InChI is InChI=1S/C20H25N3O.ClH/c1-15-5-7-16(8-6-15)14-19(18-4-2-3-11-22-18)23-20(24)17-9-12-21-13-10-17;/h2-8,11,17,19,21H,9-10,12-14H2,1H3,(H,23,24);1H. The number of hydrogen-bond donors (Lipinski definition) is 2. The first-order chi connectivity index (χ1) is 11.7. The topological polar surface area (TPSA) is 54.0 Å². The predicted molar refractivity (Wildman–Crippen MR) is 103 cm³/mol. The van der Waals surface area contributed by atoms with Crippen LogP contribution in [0.15, 0.2) is 48.7 Å². The van der Waals surface area contributed by atoms with Crippen molar-refractivity contribution in [2.45, 2.75) is 32.2 Å². The van der Waals surface area contributed by atoms with E-state index in [2.05, 4.69) is 46.8 Å². The summed E-state index contributed by atoms with van der Waals surface area (Å²) in [5, 5.41) is 6.54. The summed E-state index contributed by atoms with van der Waals surface area (Å²) in [6, 6.07) is 14.3. The highest BCUT2D eigenvalue weighted by molar-refractivity contribution is 5.85. The second kappa shape index (κ2) is 9.54. The molecule has 134 valence electrons. The van der Waals surface area contributed by atoms with Crippen LogP contribution in [-0.2, 0) is 11.2 Å². The van der Waals surface area contributed by atoms with E-state index in [1.165, 1.54) is 11.1 Å². The van der Waals surface area contributed by atoms with Crippen LogP contribution in [-0.4, -0.2) is 24.0 Å². The third kappa shape index (κ3) is 5.55. The number of pyridine rings is 1. The highest BCUT2D eigenvalue weighted by Gasteiger charge is 2.24. The molecule has 2 aromatic rings. The molecule has 0 aliphatic carbocycles. The van der Waals surface area contributed by atoms with Gasteiger partial charge in [0.2, 0.25) is 5.91 Å². The first-order valence-corrected chi connectivity index (χ1v) is 8.70. The van der Waals surface area contributed by atoms with Crippen LogP contribution in [0.2, 0.25) is 0 Å². The van der Waals surface area contributed by atoms with E-state index in [-0.39, 0.29) is 30.3 Å². The van der Waals surface area contributed by atoms with E-state index in [1.54, 1.807) is 6.20 Å². The van der Waals surface area contributed by atoms with Gasteiger partial charge in [-0.2, -0.15) is 0 Å². The summed E-state index contributed by atoms with van der Waals surface area (Å²) < 4.78 is 0. The smallest absolute Gasteiger partial charge is 0.223 e. The molecule has 0 radical (unpaired) electrons. The number of halogens is 1. The first-order valence-electron chi connectivity index (χ1n) is 8.70. The Hall–Kier alpha value is -1.91. The van der Waals surface area contributed by atoms with Gasteiger partial charge < -0.3 is 10.6 Å². The molecule has 1 fully saturated rings. The average molecular weight is 360 g/mol. The Balaban J connectivity index is 0.00000225. The molecule has 1 aliphatic heterocycles. The van der Waals surface area contributed by atoms with Crippen LogP contribution in [0.3, 0.4) is 0 Å². The number of piperidine rings is 1. The van der Waals surface area contributed by atoms with Crippen molar-refractivity contribution in [3.05, 3.63) is 65.5 Å². The number of aryl methyl sites for hydroxylation is 1. The molecule has 25 heavy (non-hydrogen) atoms. The van der Waals surface area contributed by atoms with E-state index >= 15 is 0 Å². The van der Waals surface area contributed by atoms with Crippen molar-refractivity contribution in [1.82, 2.24) is 15.6 Å². The van der Waals surface area contributed by atoms with Gasteiger partial charge in [-0.25, -0.2) is 0 Å². The molecule has 1 amide bonds. The van der Waals surface area contributed by atoms with Gasteiger partial charge in [-0.1, -0.05) is 35.9 Å². The lowest BCUT2D eigenvalue weighted by Crippen LogP contribution is -2.40. The average Bonchev–Trinajstić information content (AvgIpc) is 2.64. The highest BCUT2D eigenvalue weighted by atomic mass is 35.5. The molecule has 1 aromatic heterocycles. The summed E-state index contributed by atoms with van der Waals surface area (Å²) in [6.45, 7) is 3.92. The van der Waals surface area contributed by atoms with Gasteiger partial charge in [-0.05, 0) is 57.0 Å². The molecular weight excluding hydrogens is 334 g/mol. The van der Waals surface area contributed by atoms with Crippen molar-refractivity contribution in [3.8, 4) is 0 Å². The van der Waals surface area contributed by atoms with E-state index in [0.29, 0.717) is 0 Å². The fraction of sp³-hybridized carbons (Fsp3) is 0.400. The zero-order valence-corrected chi connectivity index (χ0v) is 15.4. The Morgan fingerprint density at radius 1 is 1.20 bits per heavy atom. The van der Waals surface area contributed by atoms with E-state index in [4.69, 9.17) is 0 Å². The van der Waals surface area contributed by atoms with E-state index in [9.17, 15) is 4.79 Å². The predicted octanol–water partition coefficient (Wildman–Crippen LogP) is 3.21. The maximum Gasteiger partial charge on any atom is 0.223 e. The van der Waals surface area contributed by atoms with Crippen LogP contribution >= 0.6 is 12.4 Å². The number of rotatable bonds is 5. The maximum absolute atomic E-state index is 12.7. The Morgan fingerprint density at radius 3 is 2.56 bits per heavy atom. The summed E-state index contributed by atoms with van der Waals surface area (Å²) >= 11 is 0. The monoisotopic (exact) mass is 359 g/mol. The van der Waals surface area contributed by atoms with Crippen LogP contribution in [0.1, 0.15) is 35.7 Å². The van der Waals surface area contributed by atoms with Gasteiger partial charge in [0, 0.05) is 12.1 Å². The second-order valence-corrected chi connectivity index (χ2v) is 6.53. The van der Waals surface area contributed by atoms with Gasteiger partial charge in [0.1, 0.15) is 0 Å². The molecule has 0 bridgehead atoms. The minimum atomic E-state index is -0.0868. The van der Waals surface area contributed by atoms with Crippen molar-refractivity contribution in [2.75, 3.05) is 13.1 Å². The van der Waals surface area contributed by atoms with E-state index in [1.807, 2.05) is 18.2 Å². The van der Waals surface area contributed by atoms with Crippen molar-refractivity contribution in [3.63, 3.8) is 0 Å². The number of hydrogen-bond acceptors (Lipinski definition) is 3. The molecule has 1 saturated heterocycles. The summed E-state index contributed by atoms with van der Waals surface area (Å²) in [4.78, 5) is 17.1. The summed E-state index contributed by atoms with van der Waals surface area (Å²) in [7, 11) is 0. The van der Waals surface area contributed by atoms with Crippen molar-refractivity contribution in [2.24, 2.45) is 5.92 Å². The first kappa shape index (κ1) is 19.4. The van der Waals surface area contributed by atoms with Crippen molar-refractivity contribution < 1.29 is 4.79 Å². The zero-order chi connectivity index (χ0) is 16.8. The van der Waals surface area contributed by atoms with E-state index in [0.717, 1.165) is 38.0 Å². The Labute approximate surface area is 155 Å². The number of benzene rings is 1. The number of nitrogens with one attached hydrogen (secondary N) is 2. The normalized spacial score (nSPS) is 15.9. The molecule has 0 saturated carbocycles. The zero-order valence-electron chi connectivity index (χ0n) is 14.6. The second-order valence-electron chi connectivity index (χ2n) is 6.53. The van der Waals surface area contributed by atoms with Gasteiger partial charge in [0.15, 0.2) is 0 Å². The van der Waals surface area contributed by atoms with Crippen LogP contribution in [0.4, 0.5) is 0 Å². The molecule has 1 atom stereocenters. The maximum atomic E-state index is 12.7. The summed E-state index contributed by atoms with van der Waals surface area (Å²) in [5.74, 6) is 0.259. The molecule has 2 N–H and O–H groups in total. The van der Waals surface area contributed by atoms with Gasteiger partial charge in [0.25, 0.3) is 0 Å². The molecule has 1 unspecified atom stereocenters. The molecule has 1 aliphatic rings. The third-order valence-corrected chi connectivity index (χ3v) is 4.63. The molecule has 4 nitrogen and oxygen atoms in total. The van der Waals surface area contributed by atoms with Crippen molar-refractivity contribution in [1.29, 1.82) is 0 Å². The lowest BCUT2D eigenvalue weighted by molar-refractivity contribution is -0.126. The van der Waals surface area contributed by atoms with Crippen molar-refractivity contribution >= 4 is 18.3 Å². The van der Waals surface area contributed by atoms with Crippen LogP contribution in [0.5, 0.6) is 0 Å². The SMILES string of the molecule is Cc1ccc(CC(NC(=O)C2CCNCC2)c2ccccn2)cc1.Cl. The molecule has 5 heteroatoms. The van der Waals surface area contributed by atoms with Crippen LogP contribution < -0.4 is 10.6 Å². The number of carbonyl (C=O) groups is 1. The Morgan fingerprint density at radius 2 is 1.92 bits per heavy atom. The summed E-state index contributed by atoms with van der Waals surface area (Å²) in [6.07, 6.45) is 4.36. The Kier molecular flexibility index (Phi) is 7.41. The fourth-order valence-corrected chi connectivity index (χ4v) is 3.15. The minimum Gasteiger partial charge on any atom is -0.347 e. The molecule has 2 heterocycles. The number of aromatic nitrogens is 1. The van der Waals surface area contributed by atoms with Crippen LogP contribution in [0, 0.1) is 12.8 Å². The third-order valence-electron chi connectivity index (χ3n) is 4.63. The number of carbonyl (C=O) groups excluding carboxylic acids is 1. The largest absolute Gasteiger partial charge is 0.347 e. The van der Waals surface area contributed by atoms with Gasteiger partial charge in [0.05, 0.1) is 11.7 Å². The molecule has 0 spiro atoms. The van der Waals surface area contributed by atoms with E-state index < -0.39 is 0 Å². The molecule has 3 rings (SSSR count). The quantitative estimate of drug-likeness (QED) is 0.861. The highest BCUT2D eigenvalue weighted by Crippen LogP contribution is 2.20. The Bertz CT molecular complexity index is 654. The van der Waals surface area contributed by atoms with Gasteiger partial charge in [-0.3, -0.25) is 9.78 Å². The molecular formula is C20H26ClN3O. The lowest BCUT2D eigenvalue weighted by Gasteiger charge is -2.25. The molecule has 1 aromatic carbocycles. The van der Waals surface area contributed by atoms with Crippen LogP contribution in [0.25, 0.3) is 0 Å².